The summed E-state index contributed by atoms with van der Waals surface area (Å²) in [6.45, 7) is 1.15. The number of aromatic nitrogens is 6. The molecular weight excluding hydrogens is 502 g/mol. The number of hydrogen-bond donors (Lipinski definition) is 1. The van der Waals surface area contributed by atoms with E-state index in [4.69, 9.17) is 4.74 Å². The molecule has 3 aromatic heterocycles. The van der Waals surface area contributed by atoms with Gasteiger partial charge in [-0.25, -0.2) is 4.68 Å². The van der Waals surface area contributed by atoms with Crippen LogP contribution in [0.15, 0.2) is 83.9 Å². The van der Waals surface area contributed by atoms with Gasteiger partial charge in [0, 0.05) is 41.9 Å². The summed E-state index contributed by atoms with van der Waals surface area (Å²) in [4.78, 5) is 23.5. The normalized spacial score (nSPS) is 14.9. The number of pyridine rings is 2. The molecule has 0 radical (unpaired) electrons. The van der Waals surface area contributed by atoms with Crippen LogP contribution in [0.1, 0.15) is 66.7 Å². The van der Waals surface area contributed by atoms with E-state index in [2.05, 4.69) is 48.6 Å². The Morgan fingerprint density at radius 2 is 1.80 bits per heavy atom. The van der Waals surface area contributed by atoms with Crippen molar-refractivity contribution in [3.8, 4) is 5.75 Å². The smallest absolute Gasteiger partial charge is 0.253 e. The third-order valence-corrected chi connectivity index (χ3v) is 7.76. The first kappa shape index (κ1) is 25.9. The fourth-order valence-electron chi connectivity index (χ4n) is 5.78. The standard InChI is InChI=1S/C31H33N7O2/c1-40-26-14-15-28-24(17-26)18-27(31(39)33-28)29(30-34-35-36-38(30)25-12-6-3-7-13-25)37(20-22-9-4-2-5-10-22)21-23-11-8-16-32-19-23/h2,4-5,8-11,14-19,25,29H,3,6-7,12-13,20-21H2,1H3,(H,33,39)/t29-/m1/s1. The van der Waals surface area contributed by atoms with E-state index in [0.29, 0.717) is 24.5 Å². The third kappa shape index (κ3) is 5.51. The predicted molar refractivity (Wildman–Crippen MR) is 153 cm³/mol. The van der Waals surface area contributed by atoms with Gasteiger partial charge in [-0.1, -0.05) is 55.7 Å². The zero-order valence-electron chi connectivity index (χ0n) is 22.6. The highest BCUT2D eigenvalue weighted by molar-refractivity contribution is 5.80. The van der Waals surface area contributed by atoms with Crippen LogP contribution < -0.4 is 10.3 Å². The molecule has 0 bridgehead atoms. The van der Waals surface area contributed by atoms with Crippen LogP contribution in [0.3, 0.4) is 0 Å². The molecule has 0 amide bonds. The molecule has 1 saturated carbocycles. The van der Waals surface area contributed by atoms with Gasteiger partial charge in [0.05, 0.1) is 13.2 Å². The molecular formula is C31H33N7O2. The number of benzene rings is 2. The summed E-state index contributed by atoms with van der Waals surface area (Å²) in [5, 5.41) is 14.1. The molecule has 1 aliphatic carbocycles. The highest BCUT2D eigenvalue weighted by atomic mass is 16.5. The quantitative estimate of drug-likeness (QED) is 0.276. The zero-order chi connectivity index (χ0) is 27.3. The molecule has 1 atom stereocenters. The van der Waals surface area contributed by atoms with Crippen LogP contribution in [0, 0.1) is 0 Å². The molecule has 40 heavy (non-hydrogen) atoms. The van der Waals surface area contributed by atoms with Crippen molar-refractivity contribution in [2.45, 2.75) is 57.3 Å². The second-order valence-corrected chi connectivity index (χ2v) is 10.4. The average molecular weight is 536 g/mol. The van der Waals surface area contributed by atoms with Crippen LogP contribution in [0.4, 0.5) is 0 Å². The maximum Gasteiger partial charge on any atom is 0.253 e. The SMILES string of the molecule is COc1ccc2[nH]c(=O)c([C@H](c3nnnn3C3CCCCC3)N(Cc3ccccc3)Cc3cccnc3)cc2c1. The maximum atomic E-state index is 13.8. The van der Waals surface area contributed by atoms with Gasteiger partial charge in [0.15, 0.2) is 5.82 Å². The topological polar surface area (TPSA) is 102 Å². The summed E-state index contributed by atoms with van der Waals surface area (Å²) in [7, 11) is 1.64. The van der Waals surface area contributed by atoms with Crippen molar-refractivity contribution in [2.24, 2.45) is 0 Å². The molecule has 3 heterocycles. The van der Waals surface area contributed by atoms with Crippen LogP contribution in [-0.2, 0) is 13.1 Å². The molecule has 1 fully saturated rings. The Morgan fingerprint density at radius 3 is 2.58 bits per heavy atom. The summed E-state index contributed by atoms with van der Waals surface area (Å²) in [6.07, 6.45) is 9.21. The minimum Gasteiger partial charge on any atom is -0.497 e. The molecule has 9 heteroatoms. The Balaban J connectivity index is 1.53. The number of nitrogens with zero attached hydrogens (tertiary/aromatic N) is 6. The minimum absolute atomic E-state index is 0.162. The largest absolute Gasteiger partial charge is 0.497 e. The summed E-state index contributed by atoms with van der Waals surface area (Å²) in [6, 6.07) is 21.6. The Bertz CT molecular complexity index is 1570. The van der Waals surface area contributed by atoms with Gasteiger partial charge in [-0.3, -0.25) is 14.7 Å². The van der Waals surface area contributed by atoms with Crippen molar-refractivity contribution in [1.82, 2.24) is 35.1 Å². The Labute approximate surface area is 232 Å². The van der Waals surface area contributed by atoms with Crippen LogP contribution in [-0.4, -0.2) is 42.2 Å². The Hall–Kier alpha value is -4.37. The zero-order valence-corrected chi connectivity index (χ0v) is 22.6. The number of rotatable bonds is 9. The highest BCUT2D eigenvalue weighted by Gasteiger charge is 2.33. The van der Waals surface area contributed by atoms with Crippen LogP contribution in [0.25, 0.3) is 10.9 Å². The van der Waals surface area contributed by atoms with Gasteiger partial charge in [-0.05, 0) is 64.7 Å². The van der Waals surface area contributed by atoms with E-state index < -0.39 is 6.04 Å². The first-order valence-electron chi connectivity index (χ1n) is 13.8. The van der Waals surface area contributed by atoms with Crippen molar-refractivity contribution < 1.29 is 4.74 Å². The highest BCUT2D eigenvalue weighted by Crippen LogP contribution is 2.34. The van der Waals surface area contributed by atoms with E-state index in [1.54, 1.807) is 13.3 Å². The molecule has 0 aliphatic heterocycles. The molecule has 6 rings (SSSR count). The van der Waals surface area contributed by atoms with Crippen LogP contribution >= 0.6 is 0 Å². The fourth-order valence-corrected chi connectivity index (χ4v) is 5.78. The fraction of sp³-hybridized carbons (Fsp3) is 0.323. The number of fused-ring (bicyclic) bond motifs is 1. The van der Waals surface area contributed by atoms with E-state index in [1.165, 1.54) is 6.42 Å². The van der Waals surface area contributed by atoms with E-state index >= 15 is 0 Å². The van der Waals surface area contributed by atoms with Gasteiger partial charge >= 0.3 is 0 Å². The van der Waals surface area contributed by atoms with Crippen molar-refractivity contribution >= 4 is 10.9 Å². The van der Waals surface area contributed by atoms with Gasteiger partial charge in [-0.15, -0.1) is 5.10 Å². The van der Waals surface area contributed by atoms with Crippen molar-refractivity contribution in [1.29, 1.82) is 0 Å². The molecule has 2 aromatic carbocycles. The molecule has 0 spiro atoms. The number of methoxy groups -OCH3 is 1. The third-order valence-electron chi connectivity index (χ3n) is 7.76. The second-order valence-electron chi connectivity index (χ2n) is 10.4. The Morgan fingerprint density at radius 1 is 1.00 bits per heavy atom. The van der Waals surface area contributed by atoms with E-state index in [0.717, 1.165) is 53.5 Å². The average Bonchev–Trinajstić information content (AvgIpc) is 3.48. The molecule has 1 aliphatic rings. The van der Waals surface area contributed by atoms with Crippen molar-refractivity contribution in [3.63, 3.8) is 0 Å². The van der Waals surface area contributed by atoms with Crippen LogP contribution in [0.2, 0.25) is 0 Å². The summed E-state index contributed by atoms with van der Waals surface area (Å²) < 4.78 is 7.46. The predicted octanol–water partition coefficient (Wildman–Crippen LogP) is 5.22. The summed E-state index contributed by atoms with van der Waals surface area (Å²) >= 11 is 0. The van der Waals surface area contributed by atoms with Gasteiger partial charge in [0.25, 0.3) is 5.56 Å². The van der Waals surface area contributed by atoms with Gasteiger partial charge in [0.1, 0.15) is 11.8 Å². The lowest BCUT2D eigenvalue weighted by molar-refractivity contribution is 0.186. The lowest BCUT2D eigenvalue weighted by Crippen LogP contribution is -2.35. The molecule has 0 saturated heterocycles. The molecule has 5 aromatic rings. The maximum absolute atomic E-state index is 13.8. The first-order chi connectivity index (χ1) is 19.7. The lowest BCUT2D eigenvalue weighted by Gasteiger charge is -2.32. The van der Waals surface area contributed by atoms with E-state index in [-0.39, 0.29) is 11.6 Å². The molecule has 9 nitrogen and oxygen atoms in total. The summed E-state index contributed by atoms with van der Waals surface area (Å²) in [5.41, 5.74) is 3.35. The lowest BCUT2D eigenvalue weighted by atomic mass is 9.95. The monoisotopic (exact) mass is 535 g/mol. The Kier molecular flexibility index (Phi) is 7.63. The second kappa shape index (κ2) is 11.8. The van der Waals surface area contributed by atoms with E-state index in [1.807, 2.05) is 59.4 Å². The number of tetrazole rings is 1. The van der Waals surface area contributed by atoms with Gasteiger partial charge in [0.2, 0.25) is 0 Å². The molecule has 204 valence electrons. The summed E-state index contributed by atoms with van der Waals surface area (Å²) in [5.74, 6) is 1.41. The van der Waals surface area contributed by atoms with Crippen molar-refractivity contribution in [3.05, 3.63) is 112 Å². The van der Waals surface area contributed by atoms with Gasteiger partial charge < -0.3 is 9.72 Å². The minimum atomic E-state index is -0.503. The van der Waals surface area contributed by atoms with E-state index in [9.17, 15) is 4.79 Å². The first-order valence-corrected chi connectivity index (χ1v) is 13.8. The number of hydrogen-bond acceptors (Lipinski definition) is 7. The number of ether oxygens (including phenoxy) is 1. The number of H-pyrrole nitrogens is 1. The number of nitrogens with one attached hydrogen (secondary N) is 1. The molecule has 0 unspecified atom stereocenters. The molecule has 1 N–H and O–H groups in total. The van der Waals surface area contributed by atoms with Crippen molar-refractivity contribution in [2.75, 3.05) is 7.11 Å². The van der Waals surface area contributed by atoms with Gasteiger partial charge in [-0.2, -0.15) is 0 Å². The number of aromatic amines is 1. The van der Waals surface area contributed by atoms with Crippen LogP contribution in [0.5, 0.6) is 5.75 Å².